The number of anilines is 1. The zero-order valence-corrected chi connectivity index (χ0v) is 11.1. The molecule has 0 fully saturated rings. The van der Waals surface area contributed by atoms with Crippen molar-refractivity contribution in [2.45, 2.75) is 6.04 Å². The van der Waals surface area contributed by atoms with Gasteiger partial charge in [-0.25, -0.2) is 18.0 Å². The van der Waals surface area contributed by atoms with Gasteiger partial charge in [0.25, 0.3) is 0 Å². The molecule has 0 saturated heterocycles. The maximum Gasteiger partial charge on any atom is 0.333 e. The zero-order chi connectivity index (χ0) is 15.4. The van der Waals surface area contributed by atoms with Crippen molar-refractivity contribution in [1.29, 1.82) is 0 Å². The summed E-state index contributed by atoms with van der Waals surface area (Å²) in [5, 5.41) is 2.73. The SMILES string of the molecule is COC(=O)C(Nc1ccccc1)c1cc(F)c(F)cc1F. The number of para-hydroxylation sites is 1. The predicted octanol–water partition coefficient (Wildman–Crippen LogP) is 3.43. The lowest BCUT2D eigenvalue weighted by Gasteiger charge is -2.18. The molecule has 0 aliphatic rings. The minimum atomic E-state index is -1.32. The van der Waals surface area contributed by atoms with E-state index in [1.165, 1.54) is 0 Å². The average Bonchev–Trinajstić information content (AvgIpc) is 2.49. The summed E-state index contributed by atoms with van der Waals surface area (Å²) in [7, 11) is 1.12. The molecule has 2 aromatic carbocycles. The van der Waals surface area contributed by atoms with Crippen molar-refractivity contribution in [2.24, 2.45) is 0 Å². The van der Waals surface area contributed by atoms with E-state index in [0.29, 0.717) is 17.8 Å². The van der Waals surface area contributed by atoms with Crippen LogP contribution >= 0.6 is 0 Å². The number of ether oxygens (including phenoxy) is 1. The molecule has 21 heavy (non-hydrogen) atoms. The summed E-state index contributed by atoms with van der Waals surface area (Å²) in [6.07, 6.45) is 0. The van der Waals surface area contributed by atoms with Crippen molar-refractivity contribution in [3.8, 4) is 0 Å². The fourth-order valence-corrected chi connectivity index (χ4v) is 1.84. The van der Waals surface area contributed by atoms with Gasteiger partial charge in [-0.05, 0) is 18.2 Å². The number of methoxy groups -OCH3 is 1. The fraction of sp³-hybridized carbons (Fsp3) is 0.133. The number of hydrogen-bond acceptors (Lipinski definition) is 3. The van der Waals surface area contributed by atoms with Gasteiger partial charge in [0.2, 0.25) is 0 Å². The normalized spacial score (nSPS) is 11.8. The summed E-state index contributed by atoms with van der Waals surface area (Å²) in [5.74, 6) is -4.41. The second-order valence-corrected chi connectivity index (χ2v) is 4.25. The van der Waals surface area contributed by atoms with Crippen LogP contribution in [0, 0.1) is 17.5 Å². The monoisotopic (exact) mass is 295 g/mol. The molecule has 0 aliphatic heterocycles. The molecule has 0 spiro atoms. The summed E-state index contributed by atoms with van der Waals surface area (Å²) >= 11 is 0. The van der Waals surface area contributed by atoms with Crippen LogP contribution in [0.15, 0.2) is 42.5 Å². The highest BCUT2D eigenvalue weighted by molar-refractivity contribution is 5.81. The number of nitrogens with one attached hydrogen (secondary N) is 1. The van der Waals surface area contributed by atoms with Gasteiger partial charge in [-0.2, -0.15) is 0 Å². The summed E-state index contributed by atoms with van der Waals surface area (Å²) in [4.78, 5) is 11.8. The molecule has 6 heteroatoms. The molecule has 0 radical (unpaired) electrons. The first-order valence-corrected chi connectivity index (χ1v) is 6.06. The topological polar surface area (TPSA) is 38.3 Å². The summed E-state index contributed by atoms with van der Waals surface area (Å²) in [6.45, 7) is 0. The van der Waals surface area contributed by atoms with Crippen molar-refractivity contribution >= 4 is 11.7 Å². The molecular formula is C15H12F3NO2. The highest BCUT2D eigenvalue weighted by Gasteiger charge is 2.26. The third kappa shape index (κ3) is 3.34. The van der Waals surface area contributed by atoms with Gasteiger partial charge in [-0.15, -0.1) is 0 Å². The Kier molecular flexibility index (Phi) is 4.47. The Morgan fingerprint density at radius 3 is 2.29 bits per heavy atom. The molecule has 110 valence electrons. The van der Waals surface area contributed by atoms with E-state index < -0.39 is 29.5 Å². The van der Waals surface area contributed by atoms with Gasteiger partial charge in [-0.1, -0.05) is 18.2 Å². The Balaban J connectivity index is 2.41. The number of esters is 1. The quantitative estimate of drug-likeness (QED) is 0.693. The highest BCUT2D eigenvalue weighted by Crippen LogP contribution is 2.25. The Morgan fingerprint density at radius 2 is 1.67 bits per heavy atom. The minimum Gasteiger partial charge on any atom is -0.467 e. The molecule has 2 aromatic rings. The van der Waals surface area contributed by atoms with Crippen LogP contribution in [0.3, 0.4) is 0 Å². The largest absolute Gasteiger partial charge is 0.467 e. The average molecular weight is 295 g/mol. The Labute approximate surface area is 119 Å². The number of carbonyl (C=O) groups is 1. The second-order valence-electron chi connectivity index (χ2n) is 4.25. The molecule has 1 N–H and O–H groups in total. The lowest BCUT2D eigenvalue weighted by Crippen LogP contribution is -2.23. The molecule has 0 aliphatic carbocycles. The van der Waals surface area contributed by atoms with Crippen LogP contribution in [-0.4, -0.2) is 13.1 Å². The van der Waals surface area contributed by atoms with Gasteiger partial charge in [0, 0.05) is 17.3 Å². The lowest BCUT2D eigenvalue weighted by molar-refractivity contribution is -0.141. The van der Waals surface area contributed by atoms with Crippen LogP contribution in [0.5, 0.6) is 0 Å². The summed E-state index contributed by atoms with van der Waals surface area (Å²) < 4.78 is 44.7. The van der Waals surface area contributed by atoms with Crippen molar-refractivity contribution in [2.75, 3.05) is 12.4 Å². The van der Waals surface area contributed by atoms with Gasteiger partial charge < -0.3 is 10.1 Å². The third-order valence-electron chi connectivity index (χ3n) is 2.87. The molecule has 0 bridgehead atoms. The Morgan fingerprint density at radius 1 is 1.05 bits per heavy atom. The van der Waals surface area contributed by atoms with Gasteiger partial charge in [0.05, 0.1) is 7.11 Å². The van der Waals surface area contributed by atoms with E-state index in [-0.39, 0.29) is 5.56 Å². The molecule has 0 heterocycles. The first kappa shape index (κ1) is 14.9. The van der Waals surface area contributed by atoms with E-state index in [0.717, 1.165) is 7.11 Å². The molecule has 1 atom stereocenters. The van der Waals surface area contributed by atoms with Crippen LogP contribution < -0.4 is 5.32 Å². The number of hydrogen-bond donors (Lipinski definition) is 1. The lowest BCUT2D eigenvalue weighted by atomic mass is 10.1. The van der Waals surface area contributed by atoms with Crippen molar-refractivity contribution in [3.63, 3.8) is 0 Å². The number of carbonyl (C=O) groups excluding carboxylic acids is 1. The van der Waals surface area contributed by atoms with Gasteiger partial charge >= 0.3 is 5.97 Å². The van der Waals surface area contributed by atoms with E-state index in [1.54, 1.807) is 30.3 Å². The van der Waals surface area contributed by atoms with Gasteiger partial charge in [-0.3, -0.25) is 0 Å². The molecule has 0 amide bonds. The maximum absolute atomic E-state index is 13.8. The highest BCUT2D eigenvalue weighted by atomic mass is 19.2. The fourth-order valence-electron chi connectivity index (χ4n) is 1.84. The van der Waals surface area contributed by atoms with Crippen LogP contribution in [-0.2, 0) is 9.53 Å². The first-order chi connectivity index (χ1) is 10.0. The minimum absolute atomic E-state index is 0.329. The zero-order valence-electron chi connectivity index (χ0n) is 11.1. The van der Waals surface area contributed by atoms with Crippen LogP contribution in [0.2, 0.25) is 0 Å². The van der Waals surface area contributed by atoms with Crippen molar-refractivity contribution in [3.05, 3.63) is 65.5 Å². The van der Waals surface area contributed by atoms with Crippen LogP contribution in [0.1, 0.15) is 11.6 Å². The summed E-state index contributed by atoms with van der Waals surface area (Å²) in [6, 6.07) is 8.22. The van der Waals surface area contributed by atoms with E-state index >= 15 is 0 Å². The van der Waals surface area contributed by atoms with Crippen molar-refractivity contribution in [1.82, 2.24) is 0 Å². The van der Waals surface area contributed by atoms with E-state index in [2.05, 4.69) is 10.1 Å². The number of benzene rings is 2. The summed E-state index contributed by atoms with van der Waals surface area (Å²) in [5.41, 5.74) is 0.182. The first-order valence-electron chi connectivity index (χ1n) is 6.06. The molecule has 2 rings (SSSR count). The van der Waals surface area contributed by atoms with E-state index in [9.17, 15) is 18.0 Å². The van der Waals surface area contributed by atoms with Crippen LogP contribution in [0.4, 0.5) is 18.9 Å². The van der Waals surface area contributed by atoms with Gasteiger partial charge in [0.1, 0.15) is 5.82 Å². The van der Waals surface area contributed by atoms with E-state index in [1.807, 2.05) is 0 Å². The predicted molar refractivity (Wildman–Crippen MR) is 71.1 cm³/mol. The van der Waals surface area contributed by atoms with Crippen LogP contribution in [0.25, 0.3) is 0 Å². The molecule has 0 saturated carbocycles. The molecule has 3 nitrogen and oxygen atoms in total. The number of rotatable bonds is 4. The Hall–Kier alpha value is -2.50. The molecule has 0 aromatic heterocycles. The van der Waals surface area contributed by atoms with Crippen molar-refractivity contribution < 1.29 is 22.7 Å². The van der Waals surface area contributed by atoms with Gasteiger partial charge in [0.15, 0.2) is 17.7 Å². The Bertz CT molecular complexity index is 647. The smallest absolute Gasteiger partial charge is 0.333 e. The molecular weight excluding hydrogens is 283 g/mol. The number of halogens is 3. The molecule has 1 unspecified atom stereocenters. The van der Waals surface area contributed by atoms with E-state index in [4.69, 9.17) is 0 Å². The maximum atomic E-state index is 13.8. The standard InChI is InChI=1S/C15H12F3NO2/c1-21-15(20)14(19-9-5-3-2-4-6-9)10-7-12(17)13(18)8-11(10)16/h2-8,14,19H,1H3. The second kappa shape index (κ2) is 6.30. The third-order valence-corrected chi connectivity index (χ3v) is 2.87.